The van der Waals surface area contributed by atoms with Crippen LogP contribution in [-0.2, 0) is 22.5 Å². The maximum Gasteiger partial charge on any atom is 0.270 e. The summed E-state index contributed by atoms with van der Waals surface area (Å²) in [6, 6.07) is 33.7. The van der Waals surface area contributed by atoms with Crippen LogP contribution >= 0.6 is 0 Å². The van der Waals surface area contributed by atoms with Crippen LogP contribution in [0.4, 0.5) is 5.69 Å². The van der Waals surface area contributed by atoms with Gasteiger partial charge in [-0.15, -0.1) is 0 Å². The normalized spacial score (nSPS) is 17.2. The van der Waals surface area contributed by atoms with E-state index in [9.17, 15) is 4.79 Å². The third-order valence-electron chi connectivity index (χ3n) is 7.11. The van der Waals surface area contributed by atoms with Crippen LogP contribution < -0.4 is 15.6 Å². The minimum atomic E-state index is -1.43. The Morgan fingerprint density at radius 2 is 1.63 bits per heavy atom. The van der Waals surface area contributed by atoms with Crippen molar-refractivity contribution in [2.45, 2.75) is 31.0 Å². The summed E-state index contributed by atoms with van der Waals surface area (Å²) in [5.74, 6) is 0.583. The standard InChI is InChI=1S/C33H32N6O4/c34-39-35-23-27-13-8-7-12-26(27)22-33(32(41)38-37-28-14-5-2-6-15-28)30(24-10-3-1-4-11-24)43-31(36-33)25-16-18-29(19-17-25)42-21-9-20-40/h1-8,10-19,30,37,40H,9,20-23H2,(H,38,41)/t30-,33-/m0/s1. The molecular formula is C33H32N6O4. The highest BCUT2D eigenvalue weighted by Crippen LogP contribution is 2.43. The average Bonchev–Trinajstić information content (AvgIpc) is 3.45. The molecule has 10 nitrogen and oxygen atoms in total. The van der Waals surface area contributed by atoms with Crippen molar-refractivity contribution in [1.29, 1.82) is 0 Å². The fourth-order valence-electron chi connectivity index (χ4n) is 4.95. The molecule has 0 radical (unpaired) electrons. The molecule has 2 atom stereocenters. The van der Waals surface area contributed by atoms with Crippen molar-refractivity contribution in [3.8, 4) is 5.75 Å². The molecule has 0 unspecified atom stereocenters. The van der Waals surface area contributed by atoms with Crippen LogP contribution in [0.2, 0.25) is 0 Å². The zero-order valence-corrected chi connectivity index (χ0v) is 23.5. The van der Waals surface area contributed by atoms with Crippen LogP contribution in [0.15, 0.2) is 119 Å². The van der Waals surface area contributed by atoms with E-state index in [1.165, 1.54) is 0 Å². The van der Waals surface area contributed by atoms with E-state index in [0.717, 1.165) is 16.7 Å². The summed E-state index contributed by atoms with van der Waals surface area (Å²) in [6.07, 6.45) is -0.0569. The van der Waals surface area contributed by atoms with Crippen molar-refractivity contribution in [3.05, 3.63) is 142 Å². The van der Waals surface area contributed by atoms with Gasteiger partial charge in [0.2, 0.25) is 5.90 Å². The molecule has 0 fully saturated rings. The van der Waals surface area contributed by atoms with Crippen LogP contribution in [-0.4, -0.2) is 35.7 Å². The van der Waals surface area contributed by atoms with Crippen LogP contribution in [0.1, 0.15) is 34.8 Å². The summed E-state index contributed by atoms with van der Waals surface area (Å²) in [4.78, 5) is 22.3. The maximum atomic E-state index is 14.3. The maximum absolute atomic E-state index is 14.3. The number of rotatable bonds is 13. The number of carbonyl (C=O) groups is 1. The van der Waals surface area contributed by atoms with Gasteiger partial charge in [-0.25, -0.2) is 4.99 Å². The van der Waals surface area contributed by atoms with E-state index in [1.807, 2.05) is 109 Å². The van der Waals surface area contributed by atoms with Crippen molar-refractivity contribution >= 4 is 17.5 Å². The average molecular weight is 577 g/mol. The van der Waals surface area contributed by atoms with E-state index in [2.05, 4.69) is 20.9 Å². The molecule has 0 bridgehead atoms. The molecule has 4 aromatic rings. The minimum Gasteiger partial charge on any atom is -0.494 e. The van der Waals surface area contributed by atoms with E-state index in [1.54, 1.807) is 0 Å². The quantitative estimate of drug-likeness (QED) is 0.0597. The SMILES string of the molecule is [N-]=[N+]=NCc1ccccc1C[C@]1(C(=O)NNc2ccccc2)N=C(c2ccc(OCCCO)cc2)O[C@H]1c1ccccc1. The number of nitrogens with zero attached hydrogens (tertiary/aromatic N) is 4. The third kappa shape index (κ3) is 6.95. The molecule has 3 N–H and O–H groups in total. The summed E-state index contributed by atoms with van der Waals surface area (Å²) >= 11 is 0. The van der Waals surface area contributed by atoms with Gasteiger partial charge >= 0.3 is 0 Å². The highest BCUT2D eigenvalue weighted by molar-refractivity contribution is 6.01. The molecule has 5 rings (SSSR count). The van der Waals surface area contributed by atoms with Gasteiger partial charge in [-0.2, -0.15) is 0 Å². The molecule has 1 heterocycles. The predicted octanol–water partition coefficient (Wildman–Crippen LogP) is 5.90. The molecule has 10 heteroatoms. The first-order valence-electron chi connectivity index (χ1n) is 14.0. The summed E-state index contributed by atoms with van der Waals surface area (Å²) in [5.41, 5.74) is 17.2. The van der Waals surface area contributed by atoms with Crippen LogP contribution in [0.5, 0.6) is 5.75 Å². The number of aliphatic imine (C=N–C) groups is 1. The molecule has 43 heavy (non-hydrogen) atoms. The number of anilines is 1. The van der Waals surface area contributed by atoms with E-state index in [0.29, 0.717) is 35.9 Å². The Labute approximate surface area is 249 Å². The lowest BCUT2D eigenvalue weighted by Crippen LogP contribution is -2.51. The van der Waals surface area contributed by atoms with Crippen LogP contribution in [0.3, 0.4) is 0 Å². The Kier molecular flexibility index (Phi) is 9.53. The molecule has 0 aliphatic carbocycles. The number of azide groups is 1. The second kappa shape index (κ2) is 14.0. The second-order valence-corrected chi connectivity index (χ2v) is 9.98. The molecule has 1 amide bonds. The van der Waals surface area contributed by atoms with Crippen molar-refractivity contribution in [2.24, 2.45) is 10.1 Å². The van der Waals surface area contributed by atoms with E-state index in [-0.39, 0.29) is 25.5 Å². The second-order valence-electron chi connectivity index (χ2n) is 9.98. The lowest BCUT2D eigenvalue weighted by Gasteiger charge is -2.31. The van der Waals surface area contributed by atoms with Gasteiger partial charge in [0.25, 0.3) is 5.91 Å². The fraction of sp³-hybridized carbons (Fsp3) is 0.212. The number of aliphatic hydroxyl groups is 1. The molecule has 4 aromatic carbocycles. The zero-order chi connectivity index (χ0) is 29.9. The van der Waals surface area contributed by atoms with Crippen molar-refractivity contribution in [2.75, 3.05) is 18.6 Å². The van der Waals surface area contributed by atoms with Gasteiger partial charge in [-0.1, -0.05) is 77.9 Å². The van der Waals surface area contributed by atoms with Gasteiger partial charge in [-0.3, -0.25) is 15.6 Å². The van der Waals surface area contributed by atoms with Crippen molar-refractivity contribution < 1.29 is 19.4 Å². The Hall–Kier alpha value is -5.31. The van der Waals surface area contributed by atoms with Gasteiger partial charge in [0.1, 0.15) is 5.75 Å². The predicted molar refractivity (Wildman–Crippen MR) is 164 cm³/mol. The van der Waals surface area contributed by atoms with Gasteiger partial charge in [-0.05, 0) is 58.6 Å². The lowest BCUT2D eigenvalue weighted by molar-refractivity contribution is -0.128. The van der Waals surface area contributed by atoms with Gasteiger partial charge in [0, 0.05) is 29.9 Å². The number of carbonyl (C=O) groups excluding carboxylic acids is 1. The number of benzene rings is 4. The fourth-order valence-corrected chi connectivity index (χ4v) is 4.95. The number of hydrazine groups is 1. The summed E-state index contributed by atoms with van der Waals surface area (Å²) in [7, 11) is 0. The molecule has 0 aromatic heterocycles. The number of hydrogen-bond donors (Lipinski definition) is 3. The number of ether oxygens (including phenoxy) is 2. The van der Waals surface area contributed by atoms with Gasteiger partial charge < -0.3 is 14.6 Å². The highest BCUT2D eigenvalue weighted by Gasteiger charge is 2.53. The summed E-state index contributed by atoms with van der Waals surface area (Å²) < 4.78 is 12.2. The topological polar surface area (TPSA) is 141 Å². The van der Waals surface area contributed by atoms with Crippen molar-refractivity contribution in [1.82, 2.24) is 5.43 Å². The zero-order valence-electron chi connectivity index (χ0n) is 23.5. The lowest BCUT2D eigenvalue weighted by atomic mass is 9.81. The number of aliphatic hydroxyl groups excluding tert-OH is 1. The monoisotopic (exact) mass is 576 g/mol. The Bertz CT molecular complexity index is 1590. The molecule has 1 aliphatic heterocycles. The summed E-state index contributed by atoms with van der Waals surface area (Å²) in [5, 5.41) is 12.8. The minimum absolute atomic E-state index is 0.0544. The first-order chi connectivity index (χ1) is 21.1. The smallest absolute Gasteiger partial charge is 0.270 e. The Balaban J connectivity index is 1.57. The molecule has 0 spiro atoms. The van der Waals surface area contributed by atoms with E-state index in [4.69, 9.17) is 25.1 Å². The number of hydrogen-bond acceptors (Lipinski definition) is 7. The van der Waals surface area contributed by atoms with Gasteiger partial charge in [0.15, 0.2) is 11.6 Å². The molecule has 218 valence electrons. The highest BCUT2D eigenvalue weighted by atomic mass is 16.5. The van der Waals surface area contributed by atoms with E-state index < -0.39 is 11.6 Å². The third-order valence-corrected chi connectivity index (χ3v) is 7.11. The Morgan fingerprint density at radius 3 is 2.33 bits per heavy atom. The molecule has 0 saturated heterocycles. The van der Waals surface area contributed by atoms with Crippen molar-refractivity contribution in [3.63, 3.8) is 0 Å². The molecule has 0 saturated carbocycles. The first-order valence-corrected chi connectivity index (χ1v) is 14.0. The molecular weight excluding hydrogens is 544 g/mol. The number of nitrogens with one attached hydrogen (secondary N) is 2. The Morgan fingerprint density at radius 1 is 0.953 bits per heavy atom. The van der Waals surface area contributed by atoms with Crippen LogP contribution in [0, 0.1) is 0 Å². The largest absolute Gasteiger partial charge is 0.494 e. The van der Waals surface area contributed by atoms with E-state index >= 15 is 0 Å². The van der Waals surface area contributed by atoms with Gasteiger partial charge in [0.05, 0.1) is 18.8 Å². The first kappa shape index (κ1) is 29.2. The molecule has 1 aliphatic rings. The number of para-hydroxylation sites is 1. The number of amides is 1. The van der Waals surface area contributed by atoms with Crippen LogP contribution in [0.25, 0.3) is 10.4 Å². The summed E-state index contributed by atoms with van der Waals surface area (Å²) in [6.45, 7) is 0.590.